The van der Waals surface area contributed by atoms with E-state index in [0.29, 0.717) is 11.5 Å². The molecule has 4 rings (SSSR count). The largest absolute Gasteiger partial charge is 0.492 e. The third kappa shape index (κ3) is 4.07. The first-order valence-electron chi connectivity index (χ1n) is 9.91. The van der Waals surface area contributed by atoms with Crippen molar-refractivity contribution >= 4 is 0 Å². The number of likely N-dealkylation sites (tertiary alicyclic amines) is 1. The van der Waals surface area contributed by atoms with Gasteiger partial charge in [0.05, 0.1) is 5.69 Å². The Morgan fingerprint density at radius 1 is 1.12 bits per heavy atom. The van der Waals surface area contributed by atoms with Gasteiger partial charge in [0.25, 0.3) is 0 Å². The van der Waals surface area contributed by atoms with Crippen molar-refractivity contribution in [1.82, 2.24) is 14.9 Å². The van der Waals surface area contributed by atoms with Crippen molar-refractivity contribution in [3.63, 3.8) is 0 Å². The number of nitrogens with zero attached hydrogens (tertiary/aromatic N) is 3. The Bertz CT molecular complexity index is 695. The molecular formula is C22H29N3O. The van der Waals surface area contributed by atoms with Gasteiger partial charge in [-0.3, -0.25) is 14.9 Å². The molecule has 2 aromatic heterocycles. The van der Waals surface area contributed by atoms with Gasteiger partial charge in [-0.1, -0.05) is 25.3 Å². The zero-order valence-corrected chi connectivity index (χ0v) is 15.7. The molecule has 26 heavy (non-hydrogen) atoms. The van der Waals surface area contributed by atoms with E-state index >= 15 is 0 Å². The summed E-state index contributed by atoms with van der Waals surface area (Å²) in [4.78, 5) is 11.3. The molecule has 1 saturated heterocycles. The van der Waals surface area contributed by atoms with E-state index in [9.17, 15) is 0 Å². The van der Waals surface area contributed by atoms with Crippen LogP contribution >= 0.6 is 0 Å². The van der Waals surface area contributed by atoms with Crippen LogP contribution in [0.4, 0.5) is 0 Å². The highest BCUT2D eigenvalue weighted by molar-refractivity contribution is 5.17. The van der Waals surface area contributed by atoms with Crippen molar-refractivity contribution in [1.29, 1.82) is 0 Å². The van der Waals surface area contributed by atoms with Gasteiger partial charge in [-0.25, -0.2) is 0 Å². The molecule has 1 spiro atoms. The molecule has 2 aliphatic rings. The van der Waals surface area contributed by atoms with Gasteiger partial charge in [-0.15, -0.1) is 0 Å². The number of ether oxygens (including phenoxy) is 1. The molecule has 3 heterocycles. The molecule has 0 bridgehead atoms. The van der Waals surface area contributed by atoms with Crippen molar-refractivity contribution in [3.05, 3.63) is 54.1 Å². The Morgan fingerprint density at radius 2 is 1.92 bits per heavy atom. The molecule has 1 saturated carbocycles. The van der Waals surface area contributed by atoms with Gasteiger partial charge in [-0.2, -0.15) is 0 Å². The normalized spacial score (nSPS) is 22.6. The van der Waals surface area contributed by atoms with Crippen LogP contribution in [0.1, 0.15) is 49.8 Å². The molecule has 2 aromatic rings. The van der Waals surface area contributed by atoms with E-state index in [4.69, 9.17) is 4.74 Å². The van der Waals surface area contributed by atoms with Gasteiger partial charge in [-0.05, 0) is 55.4 Å². The summed E-state index contributed by atoms with van der Waals surface area (Å²) in [5.41, 5.74) is 2.88. The molecule has 1 atom stereocenters. The van der Waals surface area contributed by atoms with Crippen LogP contribution in [0, 0.1) is 12.3 Å². The highest BCUT2D eigenvalue weighted by atomic mass is 16.5. The number of aromatic nitrogens is 2. The minimum Gasteiger partial charge on any atom is -0.492 e. The Balaban J connectivity index is 1.47. The standard InChI is InChI=1S/C22H29N3O/c1-18-5-6-19(24-14-18)15-25-17-22(9-3-2-4-10-22)13-20(25)16-26-21-7-11-23-12-8-21/h5-8,11-12,14,20H,2-4,9-10,13,15-17H2,1H3. The molecule has 2 fully saturated rings. The molecule has 0 N–H and O–H groups in total. The Labute approximate surface area is 156 Å². The second kappa shape index (κ2) is 7.75. The first-order chi connectivity index (χ1) is 12.7. The maximum Gasteiger partial charge on any atom is 0.122 e. The summed E-state index contributed by atoms with van der Waals surface area (Å²) in [6.07, 6.45) is 13.7. The Kier molecular flexibility index (Phi) is 5.21. The fraction of sp³-hybridized carbons (Fsp3) is 0.545. The molecule has 4 nitrogen and oxygen atoms in total. The van der Waals surface area contributed by atoms with Crippen LogP contribution in [-0.4, -0.2) is 34.1 Å². The van der Waals surface area contributed by atoms with Crippen molar-refractivity contribution in [2.24, 2.45) is 5.41 Å². The molecule has 0 amide bonds. The minimum absolute atomic E-state index is 0.462. The Hall–Kier alpha value is -1.94. The average molecular weight is 351 g/mol. The van der Waals surface area contributed by atoms with Crippen LogP contribution in [0.5, 0.6) is 5.75 Å². The zero-order valence-electron chi connectivity index (χ0n) is 15.7. The number of rotatable bonds is 5. The van der Waals surface area contributed by atoms with Crippen LogP contribution in [-0.2, 0) is 6.54 Å². The van der Waals surface area contributed by atoms with Gasteiger partial charge in [0.2, 0.25) is 0 Å². The van der Waals surface area contributed by atoms with Crippen LogP contribution in [0.3, 0.4) is 0 Å². The molecule has 1 aliphatic carbocycles. The molecule has 4 heteroatoms. The Morgan fingerprint density at radius 3 is 2.65 bits per heavy atom. The van der Waals surface area contributed by atoms with E-state index in [1.54, 1.807) is 12.4 Å². The van der Waals surface area contributed by atoms with Crippen LogP contribution in [0.25, 0.3) is 0 Å². The lowest BCUT2D eigenvalue weighted by molar-refractivity contribution is 0.158. The van der Waals surface area contributed by atoms with E-state index in [1.165, 1.54) is 50.6 Å². The smallest absolute Gasteiger partial charge is 0.122 e. The molecule has 138 valence electrons. The van der Waals surface area contributed by atoms with Crippen molar-refractivity contribution in [2.75, 3.05) is 13.2 Å². The van der Waals surface area contributed by atoms with Gasteiger partial charge in [0.15, 0.2) is 0 Å². The monoisotopic (exact) mass is 351 g/mol. The van der Waals surface area contributed by atoms with Crippen LogP contribution in [0.15, 0.2) is 42.9 Å². The van der Waals surface area contributed by atoms with E-state index < -0.39 is 0 Å². The average Bonchev–Trinajstić information content (AvgIpc) is 3.00. The summed E-state index contributed by atoms with van der Waals surface area (Å²) in [6, 6.07) is 8.68. The highest BCUT2D eigenvalue weighted by Gasteiger charge is 2.44. The zero-order chi connectivity index (χ0) is 17.8. The number of hydrogen-bond acceptors (Lipinski definition) is 4. The molecule has 1 aliphatic heterocycles. The van der Waals surface area contributed by atoms with Gasteiger partial charge >= 0.3 is 0 Å². The van der Waals surface area contributed by atoms with Gasteiger partial charge in [0.1, 0.15) is 12.4 Å². The lowest BCUT2D eigenvalue weighted by Gasteiger charge is -2.33. The molecular weight excluding hydrogens is 322 g/mol. The lowest BCUT2D eigenvalue weighted by atomic mass is 9.73. The molecule has 0 aromatic carbocycles. The number of pyridine rings is 2. The van der Waals surface area contributed by atoms with Crippen LogP contribution < -0.4 is 4.74 Å². The second-order valence-corrected chi connectivity index (χ2v) is 8.14. The highest BCUT2D eigenvalue weighted by Crippen LogP contribution is 2.46. The van der Waals surface area contributed by atoms with Crippen molar-refractivity contribution in [3.8, 4) is 5.75 Å². The second-order valence-electron chi connectivity index (χ2n) is 8.14. The van der Waals surface area contributed by atoms with Gasteiger partial charge < -0.3 is 4.74 Å². The first kappa shape index (κ1) is 17.5. The van der Waals surface area contributed by atoms with E-state index in [1.807, 2.05) is 18.3 Å². The summed E-state index contributed by atoms with van der Waals surface area (Å²) in [5, 5.41) is 0. The minimum atomic E-state index is 0.462. The van der Waals surface area contributed by atoms with E-state index in [2.05, 4.69) is 33.9 Å². The predicted molar refractivity (Wildman–Crippen MR) is 103 cm³/mol. The van der Waals surface area contributed by atoms with Crippen molar-refractivity contribution in [2.45, 2.75) is 58.0 Å². The maximum atomic E-state index is 6.11. The predicted octanol–water partition coefficient (Wildman–Crippen LogP) is 4.39. The van der Waals surface area contributed by atoms with Gasteiger partial charge in [0, 0.05) is 37.7 Å². The number of hydrogen-bond donors (Lipinski definition) is 0. The number of aryl methyl sites for hydroxylation is 1. The van der Waals surface area contributed by atoms with Crippen molar-refractivity contribution < 1.29 is 4.74 Å². The van der Waals surface area contributed by atoms with E-state index in [-0.39, 0.29) is 0 Å². The summed E-state index contributed by atoms with van der Waals surface area (Å²) >= 11 is 0. The third-order valence-electron chi connectivity index (χ3n) is 6.07. The lowest BCUT2D eigenvalue weighted by Crippen LogP contribution is -2.34. The third-order valence-corrected chi connectivity index (χ3v) is 6.07. The topological polar surface area (TPSA) is 38.2 Å². The summed E-state index contributed by atoms with van der Waals surface area (Å²) in [7, 11) is 0. The molecule has 0 radical (unpaired) electrons. The first-order valence-corrected chi connectivity index (χ1v) is 9.91. The summed E-state index contributed by atoms with van der Waals surface area (Å²) in [5.74, 6) is 0.915. The SMILES string of the molecule is Cc1ccc(CN2CC3(CCCCC3)CC2COc2ccncc2)nc1. The fourth-order valence-corrected chi connectivity index (χ4v) is 4.69. The quantitative estimate of drug-likeness (QED) is 0.801. The van der Waals surface area contributed by atoms with E-state index in [0.717, 1.165) is 24.6 Å². The maximum absolute atomic E-state index is 6.11. The fourth-order valence-electron chi connectivity index (χ4n) is 4.69. The summed E-state index contributed by atoms with van der Waals surface area (Å²) < 4.78 is 6.11. The summed E-state index contributed by atoms with van der Waals surface area (Å²) in [6.45, 7) is 4.95. The molecule has 1 unspecified atom stereocenters. The van der Waals surface area contributed by atoms with Crippen LogP contribution in [0.2, 0.25) is 0 Å².